The molecule has 1 unspecified atom stereocenters. The standard InChI is InChI=1S/C18H21N5O.C2HF3O2/c1-11-8-16(15-6-5-14(24-3)9-17(15)19-11)21-13-4-7-18-20-12(2)22-23(18)10-13;3-2(4,5)1(6)7/h5-6,8-9,13H,4,7,10H2,1-3H3,(H,19,21);(H,6,7). The maximum absolute atomic E-state index is 10.6. The Bertz CT molecular complexity index is 1100. The van der Waals surface area contributed by atoms with E-state index in [4.69, 9.17) is 14.6 Å². The van der Waals surface area contributed by atoms with Crippen LogP contribution in [0, 0.1) is 13.8 Å². The quantitative estimate of drug-likeness (QED) is 0.646. The third-order valence-electron chi connectivity index (χ3n) is 4.71. The lowest BCUT2D eigenvalue weighted by Crippen LogP contribution is -2.32. The molecule has 0 fully saturated rings. The number of fused-ring (bicyclic) bond motifs is 2. The van der Waals surface area contributed by atoms with Crippen molar-refractivity contribution >= 4 is 22.6 Å². The Morgan fingerprint density at radius 3 is 2.61 bits per heavy atom. The van der Waals surface area contributed by atoms with Crippen molar-refractivity contribution in [2.24, 2.45) is 0 Å². The van der Waals surface area contributed by atoms with Gasteiger partial charge in [-0.3, -0.25) is 4.98 Å². The number of alkyl halides is 3. The van der Waals surface area contributed by atoms with Gasteiger partial charge in [-0.15, -0.1) is 0 Å². The SMILES string of the molecule is COc1ccc2c(NC3CCc4nc(C)nn4C3)cc(C)nc2c1.O=C(O)C(F)(F)F. The average Bonchev–Trinajstić information content (AvgIpc) is 3.06. The fourth-order valence-electron chi connectivity index (χ4n) is 3.36. The fourth-order valence-corrected chi connectivity index (χ4v) is 3.36. The molecule has 8 nitrogen and oxygen atoms in total. The topological polar surface area (TPSA) is 102 Å². The van der Waals surface area contributed by atoms with Gasteiger partial charge in [-0.1, -0.05) is 0 Å². The van der Waals surface area contributed by atoms with Gasteiger partial charge in [0, 0.05) is 35.3 Å². The number of halogens is 3. The summed E-state index contributed by atoms with van der Waals surface area (Å²) in [6.07, 6.45) is -3.08. The molecule has 11 heteroatoms. The normalized spacial score (nSPS) is 15.6. The molecule has 4 rings (SSSR count). The number of rotatable bonds is 3. The van der Waals surface area contributed by atoms with Crippen LogP contribution in [0.2, 0.25) is 0 Å². The van der Waals surface area contributed by atoms with Gasteiger partial charge in [0.2, 0.25) is 0 Å². The van der Waals surface area contributed by atoms with Crippen LogP contribution >= 0.6 is 0 Å². The number of nitrogens with one attached hydrogen (secondary N) is 1. The summed E-state index contributed by atoms with van der Waals surface area (Å²) >= 11 is 0. The van der Waals surface area contributed by atoms with Gasteiger partial charge in [0.15, 0.2) is 0 Å². The number of aryl methyl sites for hydroxylation is 3. The summed E-state index contributed by atoms with van der Waals surface area (Å²) < 4.78 is 39.1. The Morgan fingerprint density at radius 1 is 1.26 bits per heavy atom. The molecule has 1 aliphatic rings. The highest BCUT2D eigenvalue weighted by atomic mass is 19.4. The van der Waals surface area contributed by atoms with Crippen LogP contribution in [0.5, 0.6) is 5.75 Å². The molecule has 2 aromatic heterocycles. The Labute approximate surface area is 176 Å². The van der Waals surface area contributed by atoms with Gasteiger partial charge in [0.1, 0.15) is 17.4 Å². The van der Waals surface area contributed by atoms with Crippen molar-refractivity contribution in [3.05, 3.63) is 41.6 Å². The van der Waals surface area contributed by atoms with Gasteiger partial charge in [-0.2, -0.15) is 18.3 Å². The second-order valence-corrected chi connectivity index (χ2v) is 7.13. The monoisotopic (exact) mass is 437 g/mol. The Hall–Kier alpha value is -3.37. The minimum absolute atomic E-state index is 0.339. The van der Waals surface area contributed by atoms with Crippen LogP contribution in [0.15, 0.2) is 24.3 Å². The first-order valence-corrected chi connectivity index (χ1v) is 9.49. The minimum Gasteiger partial charge on any atom is -0.497 e. The molecule has 0 radical (unpaired) electrons. The van der Waals surface area contributed by atoms with Gasteiger partial charge >= 0.3 is 12.1 Å². The lowest BCUT2D eigenvalue weighted by atomic mass is 10.1. The number of carbonyl (C=O) groups is 1. The number of hydrogen-bond donors (Lipinski definition) is 2. The van der Waals surface area contributed by atoms with E-state index in [2.05, 4.69) is 32.5 Å². The molecule has 1 atom stereocenters. The maximum atomic E-state index is 10.6. The first-order valence-electron chi connectivity index (χ1n) is 9.49. The predicted molar refractivity (Wildman–Crippen MR) is 107 cm³/mol. The second kappa shape index (κ2) is 8.78. The predicted octanol–water partition coefficient (Wildman–Crippen LogP) is 3.51. The number of pyridine rings is 1. The van der Waals surface area contributed by atoms with E-state index in [1.165, 1.54) is 0 Å². The van der Waals surface area contributed by atoms with E-state index in [1.54, 1.807) is 7.11 Å². The number of anilines is 1. The van der Waals surface area contributed by atoms with Gasteiger partial charge in [0.05, 0.1) is 19.2 Å². The molecule has 0 saturated heterocycles. The highest BCUT2D eigenvalue weighted by Gasteiger charge is 2.38. The maximum Gasteiger partial charge on any atom is 0.490 e. The van der Waals surface area contributed by atoms with Crippen molar-refractivity contribution in [2.75, 3.05) is 12.4 Å². The number of carboxylic acids is 1. The van der Waals surface area contributed by atoms with Crippen LogP contribution < -0.4 is 10.1 Å². The van der Waals surface area contributed by atoms with Crippen molar-refractivity contribution in [2.45, 2.75) is 45.5 Å². The molecule has 0 saturated carbocycles. The van der Waals surface area contributed by atoms with Crippen LogP contribution in [-0.2, 0) is 17.8 Å². The highest BCUT2D eigenvalue weighted by molar-refractivity contribution is 5.92. The summed E-state index contributed by atoms with van der Waals surface area (Å²) in [6.45, 7) is 4.81. The molecule has 31 heavy (non-hydrogen) atoms. The average molecular weight is 437 g/mol. The van der Waals surface area contributed by atoms with E-state index >= 15 is 0 Å². The van der Waals surface area contributed by atoms with Crippen molar-refractivity contribution in [3.63, 3.8) is 0 Å². The fraction of sp³-hybridized carbons (Fsp3) is 0.400. The summed E-state index contributed by atoms with van der Waals surface area (Å²) in [5.74, 6) is 0.00783. The van der Waals surface area contributed by atoms with Crippen molar-refractivity contribution < 1.29 is 27.8 Å². The molecule has 0 aliphatic carbocycles. The lowest BCUT2D eigenvalue weighted by molar-refractivity contribution is -0.192. The Balaban J connectivity index is 0.000000339. The van der Waals surface area contributed by atoms with Crippen molar-refractivity contribution in [3.8, 4) is 5.75 Å². The summed E-state index contributed by atoms with van der Waals surface area (Å²) in [7, 11) is 1.68. The molecule has 0 spiro atoms. The zero-order valence-corrected chi connectivity index (χ0v) is 17.2. The number of hydrogen-bond acceptors (Lipinski definition) is 6. The van der Waals surface area contributed by atoms with Gasteiger partial charge in [0.25, 0.3) is 0 Å². The van der Waals surface area contributed by atoms with Crippen LogP contribution in [0.1, 0.15) is 23.8 Å². The smallest absolute Gasteiger partial charge is 0.490 e. The number of aliphatic carboxylic acids is 1. The third-order valence-corrected chi connectivity index (χ3v) is 4.71. The number of methoxy groups -OCH3 is 1. The molecular formula is C20H22F3N5O3. The van der Waals surface area contributed by atoms with Crippen molar-refractivity contribution in [1.82, 2.24) is 19.7 Å². The zero-order chi connectivity index (χ0) is 22.8. The van der Waals surface area contributed by atoms with E-state index in [-0.39, 0.29) is 0 Å². The molecule has 3 aromatic rings. The highest BCUT2D eigenvalue weighted by Crippen LogP contribution is 2.28. The van der Waals surface area contributed by atoms with Crippen molar-refractivity contribution in [1.29, 1.82) is 0 Å². The van der Waals surface area contributed by atoms with Crippen LogP contribution in [0.25, 0.3) is 10.9 Å². The molecule has 0 amide bonds. The lowest BCUT2D eigenvalue weighted by Gasteiger charge is -2.25. The van der Waals surface area contributed by atoms with E-state index in [0.29, 0.717) is 6.04 Å². The largest absolute Gasteiger partial charge is 0.497 e. The first kappa shape index (κ1) is 22.3. The van der Waals surface area contributed by atoms with Gasteiger partial charge in [-0.05, 0) is 38.5 Å². The van der Waals surface area contributed by atoms with Crippen LogP contribution in [-0.4, -0.2) is 50.2 Å². The second-order valence-electron chi connectivity index (χ2n) is 7.13. The Morgan fingerprint density at radius 2 is 1.97 bits per heavy atom. The molecular weight excluding hydrogens is 415 g/mol. The van der Waals surface area contributed by atoms with E-state index in [9.17, 15) is 13.2 Å². The molecule has 0 bridgehead atoms. The first-order chi connectivity index (χ1) is 14.6. The summed E-state index contributed by atoms with van der Waals surface area (Å²) in [5, 5.41) is 16.4. The third kappa shape index (κ3) is 5.41. The van der Waals surface area contributed by atoms with Gasteiger partial charge < -0.3 is 15.2 Å². The summed E-state index contributed by atoms with van der Waals surface area (Å²) in [4.78, 5) is 18.0. The number of aromatic nitrogens is 4. The molecule has 166 valence electrons. The molecule has 2 N–H and O–H groups in total. The molecule has 3 heterocycles. The van der Waals surface area contributed by atoms with E-state index in [0.717, 1.165) is 59.1 Å². The number of benzene rings is 1. The molecule has 1 aromatic carbocycles. The number of nitrogens with zero attached hydrogens (tertiary/aromatic N) is 4. The van der Waals surface area contributed by atoms with Gasteiger partial charge in [-0.25, -0.2) is 14.5 Å². The molecule has 1 aliphatic heterocycles. The minimum atomic E-state index is -5.08. The zero-order valence-electron chi connectivity index (χ0n) is 17.2. The van der Waals surface area contributed by atoms with E-state index in [1.807, 2.05) is 30.7 Å². The Kier molecular flexibility index (Phi) is 6.32. The van der Waals surface area contributed by atoms with Crippen LogP contribution in [0.4, 0.5) is 18.9 Å². The number of carboxylic acid groups (broad SMARTS) is 1. The van der Waals surface area contributed by atoms with E-state index < -0.39 is 12.1 Å². The summed E-state index contributed by atoms with van der Waals surface area (Å²) in [6, 6.07) is 8.47. The summed E-state index contributed by atoms with van der Waals surface area (Å²) in [5.41, 5.74) is 3.06. The number of ether oxygens (including phenoxy) is 1. The van der Waals surface area contributed by atoms with Crippen LogP contribution in [0.3, 0.4) is 0 Å².